The number of carbonyl (C=O) groups excluding carboxylic acids is 2. The Morgan fingerprint density at radius 1 is 1.18 bits per heavy atom. The molecule has 1 amide bonds. The van der Waals surface area contributed by atoms with Crippen LogP contribution in [0.25, 0.3) is 0 Å². The molecule has 2 aromatic heterocycles. The Morgan fingerprint density at radius 2 is 2.00 bits per heavy atom. The van der Waals surface area contributed by atoms with Crippen LogP contribution < -0.4 is 5.32 Å². The third-order valence-electron chi connectivity index (χ3n) is 4.55. The van der Waals surface area contributed by atoms with Gasteiger partial charge in [0.2, 0.25) is 5.91 Å². The quantitative estimate of drug-likeness (QED) is 0.408. The molecule has 8 heteroatoms. The van der Waals surface area contributed by atoms with E-state index in [0.29, 0.717) is 20.2 Å². The van der Waals surface area contributed by atoms with Crippen LogP contribution in [-0.2, 0) is 15.1 Å². The van der Waals surface area contributed by atoms with Crippen molar-refractivity contribution in [2.24, 2.45) is 0 Å². The molecule has 1 aromatic carbocycles. The normalized spacial score (nSPS) is 22.1. The molecule has 0 aliphatic carbocycles. The number of ketones is 1. The van der Waals surface area contributed by atoms with Crippen molar-refractivity contribution < 1.29 is 9.59 Å². The molecule has 28 heavy (non-hydrogen) atoms. The van der Waals surface area contributed by atoms with E-state index in [4.69, 9.17) is 11.6 Å². The first-order valence-electron chi connectivity index (χ1n) is 8.41. The van der Waals surface area contributed by atoms with Gasteiger partial charge in [0.25, 0.3) is 0 Å². The highest BCUT2D eigenvalue weighted by atomic mass is 79.9. The van der Waals surface area contributed by atoms with Crippen LogP contribution in [0.1, 0.15) is 17.7 Å². The summed E-state index contributed by atoms with van der Waals surface area (Å²) in [5.74, 6) is -0.490. The number of piperidine rings is 1. The van der Waals surface area contributed by atoms with E-state index in [1.54, 1.807) is 6.07 Å². The van der Waals surface area contributed by atoms with Crippen molar-refractivity contribution in [3.63, 3.8) is 0 Å². The highest BCUT2D eigenvalue weighted by Crippen LogP contribution is 2.41. The number of nitrogens with one attached hydrogen (secondary N) is 1. The number of halogens is 2. The Labute approximate surface area is 183 Å². The van der Waals surface area contributed by atoms with E-state index in [9.17, 15) is 9.59 Å². The van der Waals surface area contributed by atoms with Crippen molar-refractivity contribution in [3.8, 4) is 0 Å². The highest BCUT2D eigenvalue weighted by Gasteiger charge is 2.48. The maximum absolute atomic E-state index is 13.1. The number of thioether (sulfide) groups is 1. The SMILES string of the molecule is O=C1CC(c2ccsc2)(c2cccc(Br)n2)NC(=O)C1Sc1ccccc1Cl. The molecular formula is C20H14BrClN2O2S2. The largest absolute Gasteiger partial charge is 0.339 e. The fourth-order valence-corrected chi connectivity index (χ4v) is 5.55. The van der Waals surface area contributed by atoms with E-state index < -0.39 is 10.8 Å². The molecule has 1 saturated heterocycles. The number of Topliss-reactive ketones (excluding diaryl/α,β-unsaturated/α-hetero) is 1. The molecule has 0 radical (unpaired) electrons. The van der Waals surface area contributed by atoms with Gasteiger partial charge in [0, 0.05) is 11.3 Å². The maximum atomic E-state index is 13.1. The summed E-state index contributed by atoms with van der Waals surface area (Å²) >= 11 is 12.3. The third-order valence-corrected chi connectivity index (χ3v) is 7.44. The van der Waals surface area contributed by atoms with Gasteiger partial charge in [-0.2, -0.15) is 11.3 Å². The van der Waals surface area contributed by atoms with Crippen molar-refractivity contribution in [1.82, 2.24) is 10.3 Å². The van der Waals surface area contributed by atoms with Gasteiger partial charge in [0.05, 0.1) is 10.7 Å². The van der Waals surface area contributed by atoms with Gasteiger partial charge in [-0.05, 0) is 62.6 Å². The zero-order valence-corrected chi connectivity index (χ0v) is 18.4. The number of pyridine rings is 1. The standard InChI is InChI=1S/C20H14BrClN2O2S2/c21-17-7-3-6-16(23-17)20(12-8-9-27-11-12)10-14(25)18(19(26)24-20)28-15-5-2-1-4-13(15)22/h1-9,11,18H,10H2,(H,24,26). The van der Waals surface area contributed by atoms with Gasteiger partial charge in [0.15, 0.2) is 5.78 Å². The monoisotopic (exact) mass is 492 g/mol. The Bertz CT molecular complexity index is 1020. The van der Waals surface area contributed by atoms with Gasteiger partial charge in [0.1, 0.15) is 15.4 Å². The summed E-state index contributed by atoms with van der Waals surface area (Å²) in [6.07, 6.45) is 0.126. The van der Waals surface area contributed by atoms with Crippen LogP contribution in [0, 0.1) is 0 Å². The molecule has 0 saturated carbocycles. The van der Waals surface area contributed by atoms with Crippen LogP contribution >= 0.6 is 50.6 Å². The Hall–Kier alpha value is -1.67. The van der Waals surface area contributed by atoms with Crippen molar-refractivity contribution in [2.45, 2.75) is 22.1 Å². The average molecular weight is 494 g/mol. The van der Waals surface area contributed by atoms with Gasteiger partial charge in [-0.1, -0.05) is 29.8 Å². The molecule has 1 fully saturated rings. The van der Waals surface area contributed by atoms with E-state index in [0.717, 1.165) is 5.56 Å². The second kappa shape index (κ2) is 7.99. The summed E-state index contributed by atoms with van der Waals surface area (Å²) in [7, 11) is 0. The van der Waals surface area contributed by atoms with Crippen molar-refractivity contribution in [2.75, 3.05) is 0 Å². The summed E-state index contributed by atoms with van der Waals surface area (Å²) in [6, 6.07) is 14.6. The second-order valence-electron chi connectivity index (χ2n) is 6.32. The molecule has 1 aliphatic rings. The minimum Gasteiger partial charge on any atom is -0.339 e. The molecule has 1 N–H and O–H groups in total. The van der Waals surface area contributed by atoms with E-state index in [-0.39, 0.29) is 18.1 Å². The number of carbonyl (C=O) groups is 2. The molecule has 2 atom stereocenters. The topological polar surface area (TPSA) is 59.1 Å². The molecular weight excluding hydrogens is 480 g/mol. The van der Waals surface area contributed by atoms with Crippen LogP contribution in [0.4, 0.5) is 0 Å². The molecule has 1 aliphatic heterocycles. The van der Waals surface area contributed by atoms with Crippen molar-refractivity contribution >= 4 is 62.3 Å². The minimum absolute atomic E-state index is 0.126. The summed E-state index contributed by atoms with van der Waals surface area (Å²) in [5.41, 5.74) is 0.504. The zero-order chi connectivity index (χ0) is 19.7. The number of hydrogen-bond acceptors (Lipinski definition) is 5. The predicted octanol–water partition coefficient (Wildman–Crippen LogP) is 5.05. The van der Waals surface area contributed by atoms with Crippen LogP contribution in [0.2, 0.25) is 5.02 Å². The highest BCUT2D eigenvalue weighted by molar-refractivity contribution is 9.10. The number of aromatic nitrogens is 1. The van der Waals surface area contributed by atoms with Crippen molar-refractivity contribution in [1.29, 1.82) is 0 Å². The first-order valence-corrected chi connectivity index (χ1v) is 11.4. The van der Waals surface area contributed by atoms with E-state index in [1.807, 2.05) is 53.2 Å². The lowest BCUT2D eigenvalue weighted by Crippen LogP contribution is -2.58. The lowest BCUT2D eigenvalue weighted by molar-refractivity contribution is -0.133. The summed E-state index contributed by atoms with van der Waals surface area (Å²) in [4.78, 5) is 31.4. The summed E-state index contributed by atoms with van der Waals surface area (Å²) < 4.78 is 0.647. The van der Waals surface area contributed by atoms with Crippen LogP contribution in [-0.4, -0.2) is 21.9 Å². The van der Waals surface area contributed by atoms with Gasteiger partial charge >= 0.3 is 0 Å². The Morgan fingerprint density at radius 3 is 2.68 bits per heavy atom. The van der Waals surface area contributed by atoms with E-state index >= 15 is 0 Å². The van der Waals surface area contributed by atoms with Crippen LogP contribution in [0.5, 0.6) is 0 Å². The molecule has 142 valence electrons. The first-order chi connectivity index (χ1) is 13.5. The number of hydrogen-bond donors (Lipinski definition) is 1. The fourth-order valence-electron chi connectivity index (χ4n) is 3.24. The lowest BCUT2D eigenvalue weighted by atomic mass is 9.79. The van der Waals surface area contributed by atoms with Gasteiger partial charge in [-0.15, -0.1) is 11.8 Å². The smallest absolute Gasteiger partial charge is 0.242 e. The maximum Gasteiger partial charge on any atom is 0.242 e. The number of benzene rings is 1. The third kappa shape index (κ3) is 3.64. The number of thiophene rings is 1. The molecule has 4 rings (SSSR count). The summed E-state index contributed by atoms with van der Waals surface area (Å²) in [5, 5.41) is 6.64. The Balaban J connectivity index is 1.71. The molecule has 3 heterocycles. The zero-order valence-electron chi connectivity index (χ0n) is 14.4. The first kappa shape index (κ1) is 19.6. The van der Waals surface area contributed by atoms with E-state index in [1.165, 1.54) is 23.1 Å². The fraction of sp³-hybridized carbons (Fsp3) is 0.150. The number of rotatable bonds is 4. The molecule has 0 bridgehead atoms. The minimum atomic E-state index is -0.977. The number of amides is 1. The van der Waals surface area contributed by atoms with Gasteiger partial charge in [-0.25, -0.2) is 4.98 Å². The van der Waals surface area contributed by atoms with Gasteiger partial charge in [-0.3, -0.25) is 9.59 Å². The Kier molecular flexibility index (Phi) is 5.60. The molecule has 4 nitrogen and oxygen atoms in total. The molecule has 2 unspecified atom stereocenters. The predicted molar refractivity (Wildman–Crippen MR) is 116 cm³/mol. The van der Waals surface area contributed by atoms with Crippen LogP contribution in [0.3, 0.4) is 0 Å². The van der Waals surface area contributed by atoms with E-state index in [2.05, 4.69) is 26.2 Å². The molecule has 3 aromatic rings. The lowest BCUT2D eigenvalue weighted by Gasteiger charge is -2.39. The molecule has 0 spiro atoms. The summed E-state index contributed by atoms with van der Waals surface area (Å²) in [6.45, 7) is 0. The average Bonchev–Trinajstić information content (AvgIpc) is 3.21. The number of nitrogens with zero attached hydrogens (tertiary/aromatic N) is 1. The second-order valence-corrected chi connectivity index (χ2v) is 9.47. The van der Waals surface area contributed by atoms with Crippen LogP contribution in [0.15, 0.2) is 68.8 Å². The van der Waals surface area contributed by atoms with Gasteiger partial charge < -0.3 is 5.32 Å². The van der Waals surface area contributed by atoms with Crippen molar-refractivity contribution in [3.05, 3.63) is 80.2 Å².